The highest BCUT2D eigenvalue weighted by Crippen LogP contribution is 2.60. The SMILES string of the molecule is C=C1C(NC(=O)c2ccc(NC(C)=O)c(F)c2)C[C@H]2C[C@@H]1C2(C)C. The van der Waals surface area contributed by atoms with Crippen LogP contribution >= 0.6 is 0 Å². The lowest BCUT2D eigenvalue weighted by atomic mass is 9.46. The first kappa shape index (κ1) is 16.7. The summed E-state index contributed by atoms with van der Waals surface area (Å²) in [4.78, 5) is 23.4. The highest BCUT2D eigenvalue weighted by atomic mass is 19.1. The number of nitrogens with one attached hydrogen (secondary N) is 2. The van der Waals surface area contributed by atoms with Crippen molar-refractivity contribution in [3.8, 4) is 0 Å². The summed E-state index contributed by atoms with van der Waals surface area (Å²) in [6.45, 7) is 10.0. The second-order valence-electron chi connectivity index (χ2n) is 7.52. The van der Waals surface area contributed by atoms with Gasteiger partial charge in [0.2, 0.25) is 5.91 Å². The molecule has 3 fully saturated rings. The molecule has 2 bridgehead atoms. The third kappa shape index (κ3) is 2.72. The molecule has 5 heteroatoms. The maximum absolute atomic E-state index is 14.0. The molecule has 0 saturated heterocycles. The number of fused-ring (bicyclic) bond motifs is 2. The molecule has 24 heavy (non-hydrogen) atoms. The van der Waals surface area contributed by atoms with Crippen molar-refractivity contribution in [2.24, 2.45) is 17.3 Å². The second-order valence-corrected chi connectivity index (χ2v) is 7.52. The van der Waals surface area contributed by atoms with Crippen molar-refractivity contribution in [3.05, 3.63) is 41.7 Å². The van der Waals surface area contributed by atoms with Gasteiger partial charge in [0.1, 0.15) is 5.82 Å². The Morgan fingerprint density at radius 2 is 2.00 bits per heavy atom. The van der Waals surface area contributed by atoms with Crippen LogP contribution in [0.4, 0.5) is 10.1 Å². The van der Waals surface area contributed by atoms with Crippen molar-refractivity contribution in [2.75, 3.05) is 5.32 Å². The van der Waals surface area contributed by atoms with E-state index in [4.69, 9.17) is 0 Å². The topological polar surface area (TPSA) is 58.2 Å². The molecule has 3 aliphatic rings. The summed E-state index contributed by atoms with van der Waals surface area (Å²) in [6.07, 6.45) is 2.04. The molecule has 0 radical (unpaired) electrons. The van der Waals surface area contributed by atoms with Crippen molar-refractivity contribution < 1.29 is 14.0 Å². The van der Waals surface area contributed by atoms with E-state index in [2.05, 4.69) is 31.1 Å². The molecule has 3 atom stereocenters. The van der Waals surface area contributed by atoms with Crippen molar-refractivity contribution in [3.63, 3.8) is 0 Å². The van der Waals surface area contributed by atoms with Gasteiger partial charge in [-0.15, -0.1) is 0 Å². The highest BCUT2D eigenvalue weighted by molar-refractivity contribution is 5.96. The average molecular weight is 330 g/mol. The standard InChI is InChI=1S/C19H23FN2O2/c1-10-14-8-13(19(14,3)4)9-17(10)22-18(24)12-5-6-16(15(20)7-12)21-11(2)23/h5-7,13-14,17H,1,8-9H2,2-4H3,(H,21,23)(H,22,24)/t13-,14+,17?/m1/s1. The largest absolute Gasteiger partial charge is 0.346 e. The summed E-state index contributed by atoms with van der Waals surface area (Å²) in [5, 5.41) is 5.37. The van der Waals surface area contributed by atoms with E-state index >= 15 is 0 Å². The number of carbonyl (C=O) groups is 2. The van der Waals surface area contributed by atoms with Crippen LogP contribution in [0.1, 0.15) is 44.0 Å². The molecule has 128 valence electrons. The van der Waals surface area contributed by atoms with Crippen molar-refractivity contribution in [1.29, 1.82) is 0 Å². The van der Waals surface area contributed by atoms with E-state index in [0.29, 0.717) is 11.8 Å². The summed E-state index contributed by atoms with van der Waals surface area (Å²) in [7, 11) is 0. The van der Waals surface area contributed by atoms with E-state index in [1.807, 2.05) is 0 Å². The number of amides is 2. The molecule has 2 amide bonds. The lowest BCUT2D eigenvalue weighted by Gasteiger charge is -2.60. The van der Waals surface area contributed by atoms with Crippen LogP contribution in [0.2, 0.25) is 0 Å². The fraction of sp³-hybridized carbons (Fsp3) is 0.474. The maximum atomic E-state index is 14.0. The van der Waals surface area contributed by atoms with Crippen LogP contribution in [0.5, 0.6) is 0 Å². The van der Waals surface area contributed by atoms with Gasteiger partial charge >= 0.3 is 0 Å². The number of halogens is 1. The van der Waals surface area contributed by atoms with Gasteiger partial charge in [0, 0.05) is 12.5 Å². The van der Waals surface area contributed by atoms with Crippen LogP contribution in [0.25, 0.3) is 0 Å². The molecule has 4 nitrogen and oxygen atoms in total. The number of hydrogen-bond donors (Lipinski definition) is 2. The Kier molecular flexibility index (Phi) is 3.98. The predicted molar refractivity (Wildman–Crippen MR) is 91.1 cm³/mol. The Hall–Kier alpha value is -2.17. The van der Waals surface area contributed by atoms with E-state index in [0.717, 1.165) is 24.5 Å². The zero-order valence-electron chi connectivity index (χ0n) is 14.3. The van der Waals surface area contributed by atoms with Gasteiger partial charge in [-0.1, -0.05) is 26.0 Å². The first-order valence-electron chi connectivity index (χ1n) is 8.27. The molecule has 3 saturated carbocycles. The Labute approximate surface area is 141 Å². The monoisotopic (exact) mass is 330 g/mol. The zero-order valence-corrected chi connectivity index (χ0v) is 14.3. The Morgan fingerprint density at radius 3 is 2.54 bits per heavy atom. The smallest absolute Gasteiger partial charge is 0.251 e. The Balaban J connectivity index is 1.69. The zero-order chi connectivity index (χ0) is 17.6. The average Bonchev–Trinajstić information content (AvgIpc) is 2.50. The lowest BCUT2D eigenvalue weighted by Crippen LogP contribution is -2.57. The molecule has 1 unspecified atom stereocenters. The van der Waals surface area contributed by atoms with Crippen LogP contribution in [0.3, 0.4) is 0 Å². The Morgan fingerprint density at radius 1 is 1.29 bits per heavy atom. The first-order chi connectivity index (χ1) is 11.2. The fourth-order valence-corrected chi connectivity index (χ4v) is 4.06. The summed E-state index contributed by atoms with van der Waals surface area (Å²) >= 11 is 0. The number of rotatable bonds is 3. The minimum absolute atomic E-state index is 0.0487. The van der Waals surface area contributed by atoms with Gasteiger partial charge in [-0.3, -0.25) is 9.59 Å². The third-order valence-corrected chi connectivity index (χ3v) is 5.73. The van der Waals surface area contributed by atoms with Crippen molar-refractivity contribution >= 4 is 17.5 Å². The highest BCUT2D eigenvalue weighted by Gasteiger charge is 2.54. The number of carbonyl (C=O) groups excluding carboxylic acids is 2. The van der Waals surface area contributed by atoms with Crippen LogP contribution in [0.15, 0.2) is 30.4 Å². The minimum Gasteiger partial charge on any atom is -0.346 e. The molecule has 0 spiro atoms. The first-order valence-corrected chi connectivity index (χ1v) is 8.27. The normalized spacial score (nSPS) is 27.2. The van der Waals surface area contributed by atoms with Crippen LogP contribution in [-0.4, -0.2) is 17.9 Å². The van der Waals surface area contributed by atoms with Crippen molar-refractivity contribution in [1.82, 2.24) is 5.32 Å². The molecule has 0 aliphatic heterocycles. The summed E-state index contributed by atoms with van der Waals surface area (Å²) in [6, 6.07) is 4.02. The van der Waals surface area contributed by atoms with Gasteiger partial charge in [0.05, 0.1) is 11.7 Å². The van der Waals surface area contributed by atoms with Gasteiger partial charge < -0.3 is 10.6 Å². The molecule has 2 N–H and O–H groups in total. The molecule has 3 aliphatic carbocycles. The quantitative estimate of drug-likeness (QED) is 0.833. The van der Waals surface area contributed by atoms with Gasteiger partial charge in [-0.25, -0.2) is 4.39 Å². The molecule has 1 aromatic rings. The van der Waals surface area contributed by atoms with E-state index < -0.39 is 5.82 Å². The summed E-state index contributed by atoms with van der Waals surface area (Å²) in [5.74, 6) is -0.248. The summed E-state index contributed by atoms with van der Waals surface area (Å²) in [5.41, 5.74) is 1.66. The maximum Gasteiger partial charge on any atom is 0.251 e. The van der Waals surface area contributed by atoms with E-state index in [1.54, 1.807) is 0 Å². The van der Waals surface area contributed by atoms with Crippen LogP contribution in [0, 0.1) is 23.1 Å². The number of anilines is 1. The van der Waals surface area contributed by atoms with Gasteiger partial charge in [0.25, 0.3) is 5.91 Å². The summed E-state index contributed by atoms with van der Waals surface area (Å²) < 4.78 is 14.0. The van der Waals surface area contributed by atoms with Gasteiger partial charge in [0.15, 0.2) is 0 Å². The molecule has 0 aromatic heterocycles. The fourth-order valence-electron chi connectivity index (χ4n) is 4.06. The third-order valence-electron chi connectivity index (χ3n) is 5.73. The Bertz CT molecular complexity index is 726. The van der Waals surface area contributed by atoms with Crippen molar-refractivity contribution in [2.45, 2.75) is 39.7 Å². The molecule has 0 heterocycles. The van der Waals surface area contributed by atoms with Gasteiger partial charge in [-0.05, 0) is 48.3 Å². The molecule has 1 aromatic carbocycles. The van der Waals surface area contributed by atoms with E-state index in [1.165, 1.54) is 19.1 Å². The second kappa shape index (κ2) is 5.72. The van der Waals surface area contributed by atoms with E-state index in [9.17, 15) is 14.0 Å². The minimum atomic E-state index is -0.621. The number of hydrogen-bond acceptors (Lipinski definition) is 2. The number of benzene rings is 1. The van der Waals surface area contributed by atoms with E-state index in [-0.39, 0.29) is 34.5 Å². The molecular weight excluding hydrogens is 307 g/mol. The van der Waals surface area contributed by atoms with Gasteiger partial charge in [-0.2, -0.15) is 0 Å². The molecular formula is C19H23FN2O2. The predicted octanol–water partition coefficient (Wildman–Crippen LogP) is 3.50. The van der Waals surface area contributed by atoms with Crippen LogP contribution in [-0.2, 0) is 4.79 Å². The van der Waals surface area contributed by atoms with Crippen LogP contribution < -0.4 is 10.6 Å². The lowest BCUT2D eigenvalue weighted by molar-refractivity contribution is -0.114. The molecule has 4 rings (SSSR count).